The number of methoxy groups -OCH3 is 3. The summed E-state index contributed by atoms with van der Waals surface area (Å²) < 4.78 is 58.2. The van der Waals surface area contributed by atoms with E-state index in [9.17, 15) is 17.6 Å². The number of nitrogens with zero attached hydrogens (tertiary/aromatic N) is 2. The summed E-state index contributed by atoms with van der Waals surface area (Å²) in [6.07, 6.45) is 0. The van der Waals surface area contributed by atoms with Gasteiger partial charge in [0, 0.05) is 22.7 Å². The number of sulfonamides is 1. The number of carbonyl (C=O) groups is 1. The Hall–Kier alpha value is -3.50. The predicted octanol–water partition coefficient (Wildman–Crippen LogP) is 4.84. The Morgan fingerprint density at radius 1 is 0.941 bits per heavy atom. The molecule has 3 aromatic carbocycles. The number of para-hydroxylation sites is 1. The maximum atomic E-state index is 14.6. The summed E-state index contributed by atoms with van der Waals surface area (Å²) >= 11 is 6.19. The van der Waals surface area contributed by atoms with Crippen LogP contribution in [0.25, 0.3) is 0 Å². The highest BCUT2D eigenvalue weighted by molar-refractivity contribution is 7.94. The average molecular weight is 507 g/mol. The predicted molar refractivity (Wildman–Crippen MR) is 125 cm³/mol. The lowest BCUT2D eigenvalue weighted by atomic mass is 10.1. The van der Waals surface area contributed by atoms with Crippen LogP contribution in [0.15, 0.2) is 59.5 Å². The monoisotopic (exact) mass is 506 g/mol. The average Bonchev–Trinajstić information content (AvgIpc) is 2.82. The third kappa shape index (κ3) is 3.78. The molecule has 0 spiro atoms. The zero-order valence-corrected chi connectivity index (χ0v) is 20.0. The molecule has 1 aliphatic heterocycles. The fourth-order valence-electron chi connectivity index (χ4n) is 3.74. The second-order valence-corrected chi connectivity index (χ2v) is 9.35. The summed E-state index contributed by atoms with van der Waals surface area (Å²) in [6, 6.07) is 11.9. The number of ether oxygens (including phenoxy) is 3. The number of amides is 2. The van der Waals surface area contributed by atoms with E-state index in [1.807, 2.05) is 0 Å². The van der Waals surface area contributed by atoms with Gasteiger partial charge >= 0.3 is 6.03 Å². The second kappa shape index (κ2) is 9.03. The number of hydrogen-bond donors (Lipinski definition) is 0. The van der Waals surface area contributed by atoms with Crippen LogP contribution in [0.1, 0.15) is 5.56 Å². The number of urea groups is 1. The Morgan fingerprint density at radius 3 is 2.18 bits per heavy atom. The summed E-state index contributed by atoms with van der Waals surface area (Å²) in [5.74, 6) is -0.0821. The fraction of sp³-hybridized carbons (Fsp3) is 0.174. The molecule has 4 rings (SSSR count). The van der Waals surface area contributed by atoms with E-state index in [2.05, 4.69) is 0 Å². The van der Waals surface area contributed by atoms with Crippen LogP contribution in [0.5, 0.6) is 17.2 Å². The number of anilines is 2. The van der Waals surface area contributed by atoms with Crippen molar-refractivity contribution in [2.75, 3.05) is 30.5 Å². The second-order valence-electron chi connectivity index (χ2n) is 7.19. The normalized spacial score (nSPS) is 14.6. The molecule has 1 heterocycles. The van der Waals surface area contributed by atoms with Crippen molar-refractivity contribution in [1.82, 2.24) is 0 Å². The Kier molecular flexibility index (Phi) is 6.28. The van der Waals surface area contributed by atoms with Gasteiger partial charge in [-0.3, -0.25) is 4.90 Å². The molecule has 2 amide bonds. The first kappa shape index (κ1) is 23.7. The minimum Gasteiger partial charge on any atom is -0.493 e. The first-order chi connectivity index (χ1) is 16.2. The van der Waals surface area contributed by atoms with Crippen molar-refractivity contribution in [2.24, 2.45) is 0 Å². The van der Waals surface area contributed by atoms with Gasteiger partial charge < -0.3 is 14.2 Å². The molecular weight excluding hydrogens is 487 g/mol. The number of halogens is 2. The molecule has 11 heteroatoms. The van der Waals surface area contributed by atoms with Crippen molar-refractivity contribution in [3.05, 3.63) is 71.0 Å². The number of rotatable bonds is 6. The zero-order chi connectivity index (χ0) is 24.6. The van der Waals surface area contributed by atoms with Gasteiger partial charge in [-0.05, 0) is 24.3 Å². The first-order valence-corrected chi connectivity index (χ1v) is 11.7. The van der Waals surface area contributed by atoms with Gasteiger partial charge in [-0.2, -0.15) is 4.31 Å². The van der Waals surface area contributed by atoms with Crippen molar-refractivity contribution < 1.29 is 31.8 Å². The molecule has 1 aliphatic rings. The molecule has 3 aromatic rings. The van der Waals surface area contributed by atoms with Gasteiger partial charge in [-0.15, -0.1) is 0 Å². The zero-order valence-electron chi connectivity index (χ0n) is 18.4. The number of benzene rings is 3. The Bertz CT molecular complexity index is 1340. The highest BCUT2D eigenvalue weighted by atomic mass is 35.5. The number of carbonyl (C=O) groups excluding carboxylic acids is 1. The van der Waals surface area contributed by atoms with E-state index in [1.165, 1.54) is 69.9 Å². The molecule has 0 atom stereocenters. The maximum Gasteiger partial charge on any atom is 0.343 e. The van der Waals surface area contributed by atoms with E-state index in [0.29, 0.717) is 4.31 Å². The van der Waals surface area contributed by atoms with Crippen LogP contribution < -0.4 is 23.4 Å². The van der Waals surface area contributed by atoms with Crippen LogP contribution in [-0.2, 0) is 16.6 Å². The van der Waals surface area contributed by atoms with Gasteiger partial charge in [-0.25, -0.2) is 17.6 Å². The smallest absolute Gasteiger partial charge is 0.343 e. The minimum absolute atomic E-state index is 0.0429. The van der Waals surface area contributed by atoms with Crippen LogP contribution >= 0.6 is 11.6 Å². The Morgan fingerprint density at radius 2 is 1.59 bits per heavy atom. The van der Waals surface area contributed by atoms with Crippen molar-refractivity contribution in [3.63, 3.8) is 0 Å². The number of hydrogen-bond acceptors (Lipinski definition) is 6. The van der Waals surface area contributed by atoms with Crippen LogP contribution in [0.2, 0.25) is 5.02 Å². The lowest BCUT2D eigenvalue weighted by Gasteiger charge is -2.36. The Balaban J connectivity index is 1.93. The molecule has 0 aromatic heterocycles. The van der Waals surface area contributed by atoms with E-state index in [-0.39, 0.29) is 50.6 Å². The molecule has 178 valence electrons. The quantitative estimate of drug-likeness (QED) is 0.475. The van der Waals surface area contributed by atoms with Crippen molar-refractivity contribution in [1.29, 1.82) is 0 Å². The maximum absolute atomic E-state index is 14.6. The van der Waals surface area contributed by atoms with Gasteiger partial charge in [0.2, 0.25) is 5.75 Å². The van der Waals surface area contributed by atoms with E-state index < -0.39 is 21.9 Å². The van der Waals surface area contributed by atoms with Crippen molar-refractivity contribution in [2.45, 2.75) is 11.4 Å². The fourth-order valence-corrected chi connectivity index (χ4v) is 5.54. The summed E-state index contributed by atoms with van der Waals surface area (Å²) in [7, 11) is -0.194. The van der Waals surface area contributed by atoms with Crippen LogP contribution in [0.4, 0.5) is 20.6 Å². The molecule has 0 saturated heterocycles. The lowest BCUT2D eigenvalue weighted by Crippen LogP contribution is -2.50. The van der Waals surface area contributed by atoms with Gasteiger partial charge in [0.1, 0.15) is 10.7 Å². The SMILES string of the molecule is COc1cc(N2C(=O)N(Cc3c(F)cccc3Cl)c3ccccc3S2(=O)=O)cc(OC)c1OC. The molecule has 0 radical (unpaired) electrons. The molecule has 0 aliphatic carbocycles. The first-order valence-electron chi connectivity index (χ1n) is 9.93. The standard InChI is InChI=1S/C23H20ClFN2O6S/c1-31-19-11-14(12-20(32-2)22(19)33-3)27-23(28)26(13-15-16(24)7-6-8-17(15)25)18-9-4-5-10-21(18)34(27,29)30/h4-12H,13H2,1-3H3. The van der Waals surface area contributed by atoms with Gasteiger partial charge in [0.15, 0.2) is 11.5 Å². The topological polar surface area (TPSA) is 85.4 Å². The van der Waals surface area contributed by atoms with Gasteiger partial charge in [0.25, 0.3) is 10.0 Å². The van der Waals surface area contributed by atoms with E-state index in [4.69, 9.17) is 25.8 Å². The highest BCUT2D eigenvalue weighted by Gasteiger charge is 2.43. The minimum atomic E-state index is -4.34. The van der Waals surface area contributed by atoms with Crippen LogP contribution in [0, 0.1) is 5.82 Å². The van der Waals surface area contributed by atoms with E-state index in [0.717, 1.165) is 4.90 Å². The van der Waals surface area contributed by atoms with E-state index >= 15 is 0 Å². The summed E-state index contributed by atoms with van der Waals surface area (Å²) in [6.45, 7) is -0.294. The van der Waals surface area contributed by atoms with Gasteiger partial charge in [-0.1, -0.05) is 29.8 Å². The van der Waals surface area contributed by atoms with Crippen molar-refractivity contribution in [3.8, 4) is 17.2 Å². The third-order valence-corrected chi connectivity index (χ3v) is 7.44. The van der Waals surface area contributed by atoms with Crippen LogP contribution in [-0.4, -0.2) is 35.8 Å². The molecule has 0 fully saturated rings. The van der Waals surface area contributed by atoms with E-state index in [1.54, 1.807) is 6.07 Å². The van der Waals surface area contributed by atoms with Gasteiger partial charge in [0.05, 0.1) is 39.2 Å². The molecule has 0 unspecified atom stereocenters. The molecule has 0 N–H and O–H groups in total. The van der Waals surface area contributed by atoms with Crippen LogP contribution in [0.3, 0.4) is 0 Å². The number of fused-ring (bicyclic) bond motifs is 1. The summed E-state index contributed by atoms with van der Waals surface area (Å²) in [5, 5.41) is 0.109. The molecule has 0 saturated carbocycles. The Labute approximate surface area is 201 Å². The third-order valence-electron chi connectivity index (χ3n) is 5.34. The summed E-state index contributed by atoms with van der Waals surface area (Å²) in [4.78, 5) is 14.7. The summed E-state index contributed by atoms with van der Waals surface area (Å²) in [5.41, 5.74) is 0.116. The van der Waals surface area contributed by atoms with Crippen molar-refractivity contribution >= 4 is 39.0 Å². The largest absolute Gasteiger partial charge is 0.493 e. The molecule has 0 bridgehead atoms. The molecule has 34 heavy (non-hydrogen) atoms. The highest BCUT2D eigenvalue weighted by Crippen LogP contribution is 2.45. The molecular formula is C23H20ClFN2O6S. The lowest BCUT2D eigenvalue weighted by molar-refractivity contribution is 0.253. The molecule has 8 nitrogen and oxygen atoms in total.